The number of ether oxygens (including phenoxy) is 1. The highest BCUT2D eigenvalue weighted by atomic mass is 19.1. The van der Waals surface area contributed by atoms with Crippen molar-refractivity contribution in [2.24, 2.45) is 0 Å². The van der Waals surface area contributed by atoms with Crippen molar-refractivity contribution in [1.29, 1.82) is 0 Å². The molecule has 2 aromatic carbocycles. The summed E-state index contributed by atoms with van der Waals surface area (Å²) in [5.74, 6) is -2.02. The van der Waals surface area contributed by atoms with Gasteiger partial charge in [-0.2, -0.15) is 0 Å². The molecule has 0 fully saturated rings. The normalized spacial score (nSPS) is 10.7. The number of methoxy groups -OCH3 is 1. The number of hydrogen-bond acceptors (Lipinski definition) is 3. The molecule has 3 aromatic rings. The first-order chi connectivity index (χ1) is 11.9. The second-order valence-corrected chi connectivity index (χ2v) is 5.39. The molecule has 1 N–H and O–H groups in total. The first-order valence-electron chi connectivity index (χ1n) is 7.37. The molecule has 0 bridgehead atoms. The number of rotatable bonds is 3. The zero-order valence-electron chi connectivity index (χ0n) is 13.5. The van der Waals surface area contributed by atoms with E-state index in [1.165, 1.54) is 24.8 Å². The third-order valence-electron chi connectivity index (χ3n) is 3.77. The van der Waals surface area contributed by atoms with Crippen LogP contribution in [-0.2, 0) is 0 Å². The molecule has 0 spiro atoms. The summed E-state index contributed by atoms with van der Waals surface area (Å²) in [6.45, 7) is 1.37. The van der Waals surface area contributed by atoms with Gasteiger partial charge in [-0.3, -0.25) is 14.2 Å². The average molecular weight is 344 g/mol. The Bertz CT molecular complexity index is 995. The maximum absolute atomic E-state index is 13.8. The molecule has 5 nitrogen and oxygen atoms in total. The lowest BCUT2D eigenvalue weighted by Gasteiger charge is -2.06. The fourth-order valence-corrected chi connectivity index (χ4v) is 2.56. The van der Waals surface area contributed by atoms with E-state index in [9.17, 15) is 18.4 Å². The number of hydrogen-bond donors (Lipinski definition) is 1. The standard InChI is InChI=1S/C18H14F2N2O3/c1-10(23)22-9-14(13-8-12(25-2)4-6-17(13)22)18(24)21-16-5-3-11(19)7-15(16)20/h3-9H,1-2H3,(H,21,24). The maximum Gasteiger partial charge on any atom is 0.257 e. The first kappa shape index (κ1) is 16.6. The van der Waals surface area contributed by atoms with E-state index >= 15 is 0 Å². The predicted molar refractivity (Wildman–Crippen MR) is 89.1 cm³/mol. The topological polar surface area (TPSA) is 60.3 Å². The van der Waals surface area contributed by atoms with Gasteiger partial charge in [0, 0.05) is 24.6 Å². The van der Waals surface area contributed by atoms with Crippen LogP contribution in [0.5, 0.6) is 5.75 Å². The van der Waals surface area contributed by atoms with Gasteiger partial charge < -0.3 is 10.1 Å². The predicted octanol–water partition coefficient (Wildman–Crippen LogP) is 3.84. The minimum absolute atomic E-state index is 0.155. The van der Waals surface area contributed by atoms with Gasteiger partial charge in [-0.15, -0.1) is 0 Å². The summed E-state index contributed by atoms with van der Waals surface area (Å²) in [5, 5.41) is 2.87. The Morgan fingerprint density at radius 3 is 2.52 bits per heavy atom. The van der Waals surface area contributed by atoms with E-state index in [0.29, 0.717) is 22.7 Å². The fraction of sp³-hybridized carbons (Fsp3) is 0.111. The van der Waals surface area contributed by atoms with Crippen molar-refractivity contribution in [2.45, 2.75) is 6.92 Å². The van der Waals surface area contributed by atoms with Crippen LogP contribution in [0.2, 0.25) is 0 Å². The van der Waals surface area contributed by atoms with Crippen molar-refractivity contribution < 1.29 is 23.1 Å². The summed E-state index contributed by atoms with van der Waals surface area (Å²) in [6.07, 6.45) is 1.38. The monoisotopic (exact) mass is 344 g/mol. The van der Waals surface area contributed by atoms with Crippen molar-refractivity contribution in [3.63, 3.8) is 0 Å². The molecular formula is C18H14F2N2O3. The molecule has 0 unspecified atom stereocenters. The van der Waals surface area contributed by atoms with Gasteiger partial charge in [-0.05, 0) is 30.3 Å². The summed E-state index contributed by atoms with van der Waals surface area (Å²) in [7, 11) is 1.48. The van der Waals surface area contributed by atoms with Crippen LogP contribution in [0, 0.1) is 11.6 Å². The van der Waals surface area contributed by atoms with Crippen LogP contribution >= 0.6 is 0 Å². The Morgan fingerprint density at radius 1 is 1.12 bits per heavy atom. The second-order valence-electron chi connectivity index (χ2n) is 5.39. The molecule has 0 radical (unpaired) electrons. The van der Waals surface area contributed by atoms with Crippen molar-refractivity contribution in [2.75, 3.05) is 12.4 Å². The summed E-state index contributed by atoms with van der Waals surface area (Å²) in [5.41, 5.74) is 0.545. The fourth-order valence-electron chi connectivity index (χ4n) is 2.56. The van der Waals surface area contributed by atoms with Gasteiger partial charge in [0.2, 0.25) is 5.91 Å². The van der Waals surface area contributed by atoms with Gasteiger partial charge in [0.25, 0.3) is 5.91 Å². The molecule has 0 aliphatic carbocycles. The van der Waals surface area contributed by atoms with Crippen LogP contribution in [-0.4, -0.2) is 23.5 Å². The minimum Gasteiger partial charge on any atom is -0.497 e. The van der Waals surface area contributed by atoms with E-state index < -0.39 is 17.5 Å². The molecule has 0 saturated heterocycles. The number of halogens is 2. The molecule has 1 heterocycles. The van der Waals surface area contributed by atoms with Crippen molar-refractivity contribution in [1.82, 2.24) is 4.57 Å². The number of nitrogens with one attached hydrogen (secondary N) is 1. The smallest absolute Gasteiger partial charge is 0.257 e. The van der Waals surface area contributed by atoms with Gasteiger partial charge in [-0.25, -0.2) is 8.78 Å². The van der Waals surface area contributed by atoms with Crippen LogP contribution in [0.1, 0.15) is 22.1 Å². The lowest BCUT2D eigenvalue weighted by molar-refractivity contribution is 0.0941. The quantitative estimate of drug-likeness (QED) is 0.785. The van der Waals surface area contributed by atoms with E-state index in [-0.39, 0.29) is 17.2 Å². The highest BCUT2D eigenvalue weighted by Crippen LogP contribution is 2.27. The minimum atomic E-state index is -0.888. The lowest BCUT2D eigenvalue weighted by Crippen LogP contribution is -2.13. The molecular weight excluding hydrogens is 330 g/mol. The molecule has 0 aliphatic rings. The molecule has 0 aliphatic heterocycles. The van der Waals surface area contributed by atoms with E-state index in [1.807, 2.05) is 0 Å². The molecule has 1 amide bonds. The number of benzene rings is 2. The van der Waals surface area contributed by atoms with Crippen LogP contribution < -0.4 is 10.1 Å². The zero-order valence-corrected chi connectivity index (χ0v) is 13.5. The van der Waals surface area contributed by atoms with Crippen molar-refractivity contribution in [3.05, 3.63) is 59.8 Å². The molecule has 0 saturated carbocycles. The van der Waals surface area contributed by atoms with Crippen LogP contribution in [0.15, 0.2) is 42.6 Å². The van der Waals surface area contributed by atoms with Crippen LogP contribution in [0.25, 0.3) is 10.9 Å². The Balaban J connectivity index is 2.07. The van der Waals surface area contributed by atoms with Gasteiger partial charge in [0.05, 0.1) is 23.9 Å². The number of aromatic nitrogens is 1. The van der Waals surface area contributed by atoms with Gasteiger partial charge >= 0.3 is 0 Å². The third-order valence-corrected chi connectivity index (χ3v) is 3.77. The first-order valence-corrected chi connectivity index (χ1v) is 7.37. The van der Waals surface area contributed by atoms with E-state index in [1.54, 1.807) is 18.2 Å². The van der Waals surface area contributed by atoms with E-state index in [4.69, 9.17) is 4.74 Å². The molecule has 1 aromatic heterocycles. The Labute approximate surface area is 141 Å². The van der Waals surface area contributed by atoms with E-state index in [2.05, 4.69) is 5.32 Å². The van der Waals surface area contributed by atoms with Gasteiger partial charge in [0.1, 0.15) is 17.4 Å². The third kappa shape index (κ3) is 3.08. The molecule has 128 valence electrons. The highest BCUT2D eigenvalue weighted by Gasteiger charge is 2.19. The maximum atomic E-state index is 13.8. The number of nitrogens with zero attached hydrogens (tertiary/aromatic N) is 1. The van der Waals surface area contributed by atoms with Crippen LogP contribution in [0.4, 0.5) is 14.5 Å². The Hall–Kier alpha value is -3.22. The second kappa shape index (κ2) is 6.35. The highest BCUT2D eigenvalue weighted by molar-refractivity contribution is 6.14. The summed E-state index contributed by atoms with van der Waals surface area (Å²) in [6, 6.07) is 7.80. The average Bonchev–Trinajstić information content (AvgIpc) is 2.96. The van der Waals surface area contributed by atoms with Gasteiger partial charge in [0.15, 0.2) is 0 Å². The lowest BCUT2D eigenvalue weighted by atomic mass is 10.1. The van der Waals surface area contributed by atoms with E-state index in [0.717, 1.165) is 12.1 Å². The zero-order chi connectivity index (χ0) is 18.1. The van der Waals surface area contributed by atoms with Crippen molar-refractivity contribution in [3.8, 4) is 5.75 Å². The summed E-state index contributed by atoms with van der Waals surface area (Å²) >= 11 is 0. The number of amides is 1. The van der Waals surface area contributed by atoms with Crippen molar-refractivity contribution >= 4 is 28.4 Å². The number of anilines is 1. The molecule has 3 rings (SSSR count). The van der Waals surface area contributed by atoms with Gasteiger partial charge in [-0.1, -0.05) is 0 Å². The summed E-state index contributed by atoms with van der Waals surface area (Å²) in [4.78, 5) is 24.4. The largest absolute Gasteiger partial charge is 0.497 e. The summed E-state index contributed by atoms with van der Waals surface area (Å²) < 4.78 is 33.2. The number of fused-ring (bicyclic) bond motifs is 1. The molecule has 7 heteroatoms. The van der Waals surface area contributed by atoms with Crippen LogP contribution in [0.3, 0.4) is 0 Å². The molecule has 25 heavy (non-hydrogen) atoms. The Kier molecular flexibility index (Phi) is 4.22. The number of carbonyl (C=O) groups excluding carboxylic acids is 2. The SMILES string of the molecule is COc1ccc2c(c1)c(C(=O)Nc1ccc(F)cc1F)cn2C(C)=O. The molecule has 0 atom stereocenters. The Morgan fingerprint density at radius 2 is 1.88 bits per heavy atom. The number of carbonyl (C=O) groups is 2.